The lowest BCUT2D eigenvalue weighted by Crippen LogP contribution is -2.34. The van der Waals surface area contributed by atoms with E-state index in [1.165, 1.54) is 4.90 Å². The SMILES string of the molecule is O=C1C2CCCN2C(=O)N1CCCCNCCOc1ccccc1. The van der Waals surface area contributed by atoms with E-state index >= 15 is 0 Å². The second-order valence-electron chi connectivity index (χ2n) is 6.24. The molecule has 3 amide bonds. The van der Waals surface area contributed by atoms with Crippen molar-refractivity contribution >= 4 is 11.9 Å². The summed E-state index contributed by atoms with van der Waals surface area (Å²) in [4.78, 5) is 27.5. The number of ether oxygens (including phenoxy) is 1. The van der Waals surface area contributed by atoms with Crippen LogP contribution in [0, 0.1) is 0 Å². The number of benzene rings is 1. The molecule has 1 aromatic rings. The van der Waals surface area contributed by atoms with Crippen LogP contribution in [0.15, 0.2) is 30.3 Å². The number of hydrogen-bond acceptors (Lipinski definition) is 4. The highest BCUT2D eigenvalue weighted by Gasteiger charge is 2.46. The fourth-order valence-corrected chi connectivity index (χ4v) is 3.29. The van der Waals surface area contributed by atoms with Crippen molar-refractivity contribution in [3.05, 3.63) is 30.3 Å². The number of nitrogens with zero attached hydrogens (tertiary/aromatic N) is 2. The Bertz CT molecular complexity index is 542. The van der Waals surface area contributed by atoms with Gasteiger partial charge in [-0.3, -0.25) is 9.69 Å². The smallest absolute Gasteiger partial charge is 0.327 e. The number of rotatable bonds is 9. The van der Waals surface area contributed by atoms with Gasteiger partial charge in [-0.05, 0) is 44.4 Å². The summed E-state index contributed by atoms with van der Waals surface area (Å²) in [5.41, 5.74) is 0. The highest BCUT2D eigenvalue weighted by Crippen LogP contribution is 2.27. The lowest BCUT2D eigenvalue weighted by atomic mass is 10.2. The minimum Gasteiger partial charge on any atom is -0.492 e. The van der Waals surface area contributed by atoms with Gasteiger partial charge in [-0.1, -0.05) is 18.2 Å². The molecule has 0 saturated carbocycles. The van der Waals surface area contributed by atoms with Crippen molar-refractivity contribution in [1.29, 1.82) is 0 Å². The Morgan fingerprint density at radius 3 is 2.75 bits per heavy atom. The molecule has 6 nitrogen and oxygen atoms in total. The Morgan fingerprint density at radius 1 is 1.12 bits per heavy atom. The second-order valence-corrected chi connectivity index (χ2v) is 6.24. The van der Waals surface area contributed by atoms with Crippen LogP contribution in [0.2, 0.25) is 0 Å². The van der Waals surface area contributed by atoms with E-state index in [0.29, 0.717) is 13.2 Å². The first-order valence-corrected chi connectivity index (χ1v) is 8.78. The third-order valence-corrected chi connectivity index (χ3v) is 4.56. The number of carbonyl (C=O) groups is 2. The molecule has 0 radical (unpaired) electrons. The zero-order valence-electron chi connectivity index (χ0n) is 13.9. The van der Waals surface area contributed by atoms with E-state index in [-0.39, 0.29) is 18.0 Å². The molecule has 130 valence electrons. The first kappa shape index (κ1) is 16.8. The van der Waals surface area contributed by atoms with Gasteiger partial charge in [-0.2, -0.15) is 0 Å². The van der Waals surface area contributed by atoms with Gasteiger partial charge in [-0.15, -0.1) is 0 Å². The predicted molar refractivity (Wildman–Crippen MR) is 90.9 cm³/mol. The molecule has 2 saturated heterocycles. The van der Waals surface area contributed by atoms with Gasteiger partial charge in [0.1, 0.15) is 18.4 Å². The first-order valence-electron chi connectivity index (χ1n) is 8.78. The lowest BCUT2D eigenvalue weighted by molar-refractivity contribution is -0.128. The Balaban J connectivity index is 1.24. The van der Waals surface area contributed by atoms with Gasteiger partial charge in [0, 0.05) is 19.6 Å². The third kappa shape index (κ3) is 3.87. The molecule has 0 aliphatic carbocycles. The van der Waals surface area contributed by atoms with E-state index in [4.69, 9.17) is 4.74 Å². The zero-order valence-corrected chi connectivity index (χ0v) is 13.9. The Morgan fingerprint density at radius 2 is 1.96 bits per heavy atom. The van der Waals surface area contributed by atoms with Crippen molar-refractivity contribution in [2.24, 2.45) is 0 Å². The number of imide groups is 1. The lowest BCUT2D eigenvalue weighted by Gasteiger charge is -2.15. The predicted octanol–water partition coefficient (Wildman–Crippen LogP) is 1.86. The van der Waals surface area contributed by atoms with E-state index in [0.717, 1.165) is 51.1 Å². The maximum atomic E-state index is 12.2. The van der Waals surface area contributed by atoms with Gasteiger partial charge < -0.3 is 15.0 Å². The number of carbonyl (C=O) groups excluding carboxylic acids is 2. The topological polar surface area (TPSA) is 61.9 Å². The number of urea groups is 1. The van der Waals surface area contributed by atoms with E-state index in [1.54, 1.807) is 4.90 Å². The van der Waals surface area contributed by atoms with E-state index in [2.05, 4.69) is 5.32 Å². The molecule has 0 spiro atoms. The Kier molecular flexibility index (Phi) is 5.69. The van der Waals surface area contributed by atoms with Crippen LogP contribution in [0.25, 0.3) is 0 Å². The van der Waals surface area contributed by atoms with Crippen molar-refractivity contribution in [3.63, 3.8) is 0 Å². The monoisotopic (exact) mass is 331 g/mol. The minimum atomic E-state index is -0.175. The normalized spacial score (nSPS) is 19.9. The van der Waals surface area contributed by atoms with Gasteiger partial charge in [-0.25, -0.2) is 4.79 Å². The van der Waals surface area contributed by atoms with Crippen LogP contribution in [0.4, 0.5) is 4.79 Å². The number of unbranched alkanes of at least 4 members (excludes halogenated alkanes) is 1. The molecular formula is C18H25N3O3. The van der Waals surface area contributed by atoms with Crippen molar-refractivity contribution in [1.82, 2.24) is 15.1 Å². The van der Waals surface area contributed by atoms with Gasteiger partial charge in [0.15, 0.2) is 0 Å². The number of hydrogen-bond donors (Lipinski definition) is 1. The summed E-state index contributed by atoms with van der Waals surface area (Å²) in [6.07, 6.45) is 3.55. The molecule has 2 aliphatic rings. The number of para-hydroxylation sites is 1. The summed E-state index contributed by atoms with van der Waals surface area (Å²) >= 11 is 0. The van der Waals surface area contributed by atoms with Gasteiger partial charge in [0.05, 0.1) is 0 Å². The molecule has 0 aromatic heterocycles. The van der Waals surface area contributed by atoms with Crippen molar-refractivity contribution in [3.8, 4) is 5.75 Å². The third-order valence-electron chi connectivity index (χ3n) is 4.56. The standard InChI is InChI=1S/C18H25N3O3/c22-17-16-9-6-13-20(16)18(23)21(17)12-5-4-10-19-11-14-24-15-7-2-1-3-8-15/h1-3,7-8,16,19H,4-6,9-14H2. The maximum absolute atomic E-state index is 12.2. The molecule has 1 N–H and O–H groups in total. The van der Waals surface area contributed by atoms with E-state index < -0.39 is 0 Å². The summed E-state index contributed by atoms with van der Waals surface area (Å²) in [6, 6.07) is 9.48. The molecule has 0 bridgehead atoms. The summed E-state index contributed by atoms with van der Waals surface area (Å²) in [7, 11) is 0. The maximum Gasteiger partial charge on any atom is 0.327 e. The largest absolute Gasteiger partial charge is 0.492 e. The molecule has 2 fully saturated rings. The van der Waals surface area contributed by atoms with Gasteiger partial charge in [0.2, 0.25) is 0 Å². The molecule has 6 heteroatoms. The van der Waals surface area contributed by atoms with Crippen LogP contribution in [0.1, 0.15) is 25.7 Å². The molecule has 2 heterocycles. The zero-order chi connectivity index (χ0) is 16.8. The molecule has 3 rings (SSSR count). The quantitative estimate of drug-likeness (QED) is 0.554. The number of nitrogens with one attached hydrogen (secondary N) is 1. The van der Waals surface area contributed by atoms with Crippen LogP contribution in [-0.4, -0.2) is 60.6 Å². The van der Waals surface area contributed by atoms with Crippen LogP contribution < -0.4 is 10.1 Å². The average Bonchev–Trinajstić information content (AvgIpc) is 3.17. The molecule has 1 aromatic carbocycles. The molecule has 24 heavy (non-hydrogen) atoms. The summed E-state index contributed by atoms with van der Waals surface area (Å²) in [5, 5.41) is 3.32. The van der Waals surface area contributed by atoms with E-state index in [1.807, 2.05) is 30.3 Å². The molecular weight excluding hydrogens is 306 g/mol. The van der Waals surface area contributed by atoms with Crippen LogP contribution in [-0.2, 0) is 4.79 Å². The van der Waals surface area contributed by atoms with Crippen molar-refractivity contribution in [2.75, 3.05) is 32.8 Å². The second kappa shape index (κ2) is 8.15. The number of fused-ring (bicyclic) bond motifs is 1. The van der Waals surface area contributed by atoms with Crippen LogP contribution in [0.5, 0.6) is 5.75 Å². The van der Waals surface area contributed by atoms with Crippen molar-refractivity contribution < 1.29 is 14.3 Å². The molecule has 1 atom stereocenters. The summed E-state index contributed by atoms with van der Waals surface area (Å²) in [5.74, 6) is 0.882. The van der Waals surface area contributed by atoms with Crippen LogP contribution in [0.3, 0.4) is 0 Å². The van der Waals surface area contributed by atoms with E-state index in [9.17, 15) is 9.59 Å². The first-order chi connectivity index (χ1) is 11.8. The minimum absolute atomic E-state index is 0.00159. The number of amides is 3. The molecule has 2 aliphatic heterocycles. The van der Waals surface area contributed by atoms with Crippen LogP contribution >= 0.6 is 0 Å². The highest BCUT2D eigenvalue weighted by molar-refractivity contribution is 6.04. The Labute approximate surface area is 142 Å². The fraction of sp³-hybridized carbons (Fsp3) is 0.556. The van der Waals surface area contributed by atoms with Gasteiger partial charge >= 0.3 is 6.03 Å². The average molecular weight is 331 g/mol. The fourth-order valence-electron chi connectivity index (χ4n) is 3.29. The molecule has 1 unspecified atom stereocenters. The van der Waals surface area contributed by atoms with Crippen molar-refractivity contribution in [2.45, 2.75) is 31.7 Å². The summed E-state index contributed by atoms with van der Waals surface area (Å²) < 4.78 is 5.60. The Hall–Kier alpha value is -2.08. The highest BCUT2D eigenvalue weighted by atomic mass is 16.5. The summed E-state index contributed by atoms with van der Waals surface area (Å²) in [6.45, 7) is 3.54. The van der Waals surface area contributed by atoms with Gasteiger partial charge in [0.25, 0.3) is 5.91 Å².